The molecule has 1 N–H and O–H groups in total. The van der Waals surface area contributed by atoms with Crippen LogP contribution >= 0.6 is 0 Å². The zero-order chi connectivity index (χ0) is 23.4. The van der Waals surface area contributed by atoms with Crippen LogP contribution in [0, 0.1) is 13.8 Å². The summed E-state index contributed by atoms with van der Waals surface area (Å²) in [6.45, 7) is 5.17. The number of hydrogen-bond donors (Lipinski definition) is 1. The van der Waals surface area contributed by atoms with Gasteiger partial charge in [-0.2, -0.15) is 0 Å². The van der Waals surface area contributed by atoms with Crippen molar-refractivity contribution in [2.45, 2.75) is 59.8 Å². The average Bonchev–Trinajstić information content (AvgIpc) is 2.86. The summed E-state index contributed by atoms with van der Waals surface area (Å²) in [6.07, 6.45) is 1.40. The quantitative estimate of drug-likeness (QED) is 0.684. The zero-order valence-electron chi connectivity index (χ0n) is 18.8. The van der Waals surface area contributed by atoms with Crippen LogP contribution in [0.4, 0.5) is 0 Å². The van der Waals surface area contributed by atoms with Crippen LogP contribution < -0.4 is 0 Å². The Balaban J connectivity index is 1.91. The third-order valence-electron chi connectivity index (χ3n) is 6.34. The number of aliphatic hydroxyl groups excluding tert-OH is 1. The summed E-state index contributed by atoms with van der Waals surface area (Å²) >= 11 is 0. The average molecular weight is 480 g/mol. The molecule has 0 saturated carbocycles. The lowest BCUT2D eigenvalue weighted by atomic mass is 10.1. The van der Waals surface area contributed by atoms with Gasteiger partial charge in [0.2, 0.25) is 0 Å². The topological polar surface area (TPSA) is 91.8 Å². The van der Waals surface area contributed by atoms with Gasteiger partial charge in [-0.05, 0) is 76.9 Å². The number of aryl methyl sites for hydroxylation is 2. The Bertz CT molecular complexity index is 1010. The Morgan fingerprint density at radius 3 is 1.44 bits per heavy atom. The normalized spacial score (nSPS) is 21.5. The predicted molar refractivity (Wildman–Crippen MR) is 126 cm³/mol. The van der Waals surface area contributed by atoms with E-state index in [9.17, 15) is 21.9 Å². The molecular formula is C24H33NO5S2. The van der Waals surface area contributed by atoms with E-state index in [0.717, 1.165) is 11.1 Å². The Kier molecular flexibility index (Phi) is 8.14. The summed E-state index contributed by atoms with van der Waals surface area (Å²) in [5, 5.41) is 8.10. The molecule has 32 heavy (non-hydrogen) atoms. The van der Waals surface area contributed by atoms with Gasteiger partial charge in [0.15, 0.2) is 19.7 Å². The van der Waals surface area contributed by atoms with Crippen molar-refractivity contribution in [3.8, 4) is 0 Å². The molecule has 1 fully saturated rings. The minimum Gasteiger partial charge on any atom is -0.395 e. The van der Waals surface area contributed by atoms with E-state index in [0.29, 0.717) is 45.3 Å². The minimum atomic E-state index is -3.60. The van der Waals surface area contributed by atoms with Gasteiger partial charge in [-0.3, -0.25) is 0 Å². The highest BCUT2D eigenvalue weighted by Gasteiger charge is 2.34. The summed E-state index contributed by atoms with van der Waals surface area (Å²) in [6, 6.07) is 13.6. The lowest BCUT2D eigenvalue weighted by Gasteiger charge is -2.23. The molecule has 2 atom stereocenters. The summed E-state index contributed by atoms with van der Waals surface area (Å²) < 4.78 is 53.5. The summed E-state index contributed by atoms with van der Waals surface area (Å²) in [5.74, 6) is 0. The molecule has 1 aliphatic heterocycles. The maximum atomic E-state index is 13.4. The smallest absolute Gasteiger partial charge is 0.181 e. The van der Waals surface area contributed by atoms with Crippen LogP contribution in [-0.2, 0) is 19.7 Å². The fourth-order valence-corrected chi connectivity index (χ4v) is 7.78. The molecule has 0 aromatic heterocycles. The van der Waals surface area contributed by atoms with Gasteiger partial charge < -0.3 is 10.0 Å². The molecule has 0 bridgehead atoms. The Morgan fingerprint density at radius 2 is 1.09 bits per heavy atom. The van der Waals surface area contributed by atoms with Crippen molar-refractivity contribution >= 4 is 19.7 Å². The van der Waals surface area contributed by atoms with E-state index < -0.39 is 30.2 Å². The molecule has 0 radical (unpaired) electrons. The van der Waals surface area contributed by atoms with Crippen LogP contribution in [0.3, 0.4) is 0 Å². The van der Waals surface area contributed by atoms with Gasteiger partial charge in [0.1, 0.15) is 0 Å². The summed E-state index contributed by atoms with van der Waals surface area (Å²) in [7, 11) is -7.19. The van der Waals surface area contributed by atoms with E-state index in [1.807, 2.05) is 18.7 Å². The molecule has 6 nitrogen and oxygen atoms in total. The SMILES string of the molecule is Cc1ccc(S(=O)(=O)C2CCC(S(=O)(=O)c3ccc(C)cc3)CCN(CCO)CC2)cc1. The Morgan fingerprint density at radius 1 is 0.719 bits per heavy atom. The lowest BCUT2D eigenvalue weighted by Crippen LogP contribution is -2.33. The van der Waals surface area contributed by atoms with Crippen molar-refractivity contribution in [3.63, 3.8) is 0 Å². The van der Waals surface area contributed by atoms with Gasteiger partial charge >= 0.3 is 0 Å². The summed E-state index contributed by atoms with van der Waals surface area (Å²) in [5.41, 5.74) is 1.97. The first-order valence-corrected chi connectivity index (χ1v) is 14.2. The first-order valence-electron chi connectivity index (χ1n) is 11.1. The lowest BCUT2D eigenvalue weighted by molar-refractivity contribution is 0.194. The molecule has 1 aliphatic rings. The highest BCUT2D eigenvalue weighted by Crippen LogP contribution is 2.29. The van der Waals surface area contributed by atoms with Gasteiger partial charge in [0, 0.05) is 6.54 Å². The third kappa shape index (κ3) is 5.78. The molecule has 1 saturated heterocycles. The molecule has 0 aliphatic carbocycles. The fraction of sp³-hybridized carbons (Fsp3) is 0.500. The van der Waals surface area contributed by atoms with Crippen LogP contribution in [0.25, 0.3) is 0 Å². The van der Waals surface area contributed by atoms with Crippen molar-refractivity contribution in [1.82, 2.24) is 4.90 Å². The van der Waals surface area contributed by atoms with E-state index in [1.165, 1.54) is 0 Å². The van der Waals surface area contributed by atoms with Crippen molar-refractivity contribution in [3.05, 3.63) is 59.7 Å². The van der Waals surface area contributed by atoms with Crippen molar-refractivity contribution in [2.24, 2.45) is 0 Å². The van der Waals surface area contributed by atoms with Gasteiger partial charge in [-0.1, -0.05) is 35.4 Å². The van der Waals surface area contributed by atoms with Crippen LogP contribution in [0.15, 0.2) is 58.3 Å². The number of aliphatic hydroxyl groups is 1. The molecule has 0 spiro atoms. The minimum absolute atomic E-state index is 0.0508. The first kappa shape index (κ1) is 24.9. The number of hydrogen-bond acceptors (Lipinski definition) is 6. The maximum absolute atomic E-state index is 13.4. The molecule has 1 heterocycles. The Hall–Kier alpha value is -1.74. The van der Waals surface area contributed by atoms with E-state index in [-0.39, 0.29) is 16.4 Å². The molecule has 2 aromatic rings. The fourth-order valence-electron chi connectivity index (χ4n) is 4.25. The van der Waals surface area contributed by atoms with Crippen molar-refractivity contribution in [1.29, 1.82) is 0 Å². The number of benzene rings is 2. The number of β-amino-alcohol motifs (C(OH)–C–C–N with tert-alkyl or cyclic N) is 1. The van der Waals surface area contributed by atoms with E-state index in [2.05, 4.69) is 0 Å². The number of nitrogens with zero attached hydrogens (tertiary/aromatic N) is 1. The van der Waals surface area contributed by atoms with Gasteiger partial charge in [-0.25, -0.2) is 16.8 Å². The second-order valence-corrected chi connectivity index (χ2v) is 13.1. The molecular weight excluding hydrogens is 446 g/mol. The molecule has 3 rings (SSSR count). The summed E-state index contributed by atoms with van der Waals surface area (Å²) in [4.78, 5) is 2.53. The highest BCUT2D eigenvalue weighted by molar-refractivity contribution is 7.92. The van der Waals surface area contributed by atoms with E-state index >= 15 is 0 Å². The van der Waals surface area contributed by atoms with Crippen LogP contribution in [0.1, 0.15) is 36.8 Å². The van der Waals surface area contributed by atoms with Gasteiger partial charge in [0.25, 0.3) is 0 Å². The molecule has 8 heteroatoms. The largest absolute Gasteiger partial charge is 0.395 e. The number of rotatable bonds is 6. The van der Waals surface area contributed by atoms with Crippen LogP contribution in [0.5, 0.6) is 0 Å². The van der Waals surface area contributed by atoms with Gasteiger partial charge in [-0.15, -0.1) is 0 Å². The molecule has 2 unspecified atom stereocenters. The zero-order valence-corrected chi connectivity index (χ0v) is 20.4. The first-order chi connectivity index (χ1) is 15.1. The third-order valence-corrected chi connectivity index (χ3v) is 10.9. The van der Waals surface area contributed by atoms with Crippen molar-refractivity contribution < 1.29 is 21.9 Å². The molecule has 0 amide bonds. The monoisotopic (exact) mass is 479 g/mol. The second kappa shape index (κ2) is 10.5. The highest BCUT2D eigenvalue weighted by atomic mass is 32.2. The van der Waals surface area contributed by atoms with E-state index in [4.69, 9.17) is 0 Å². The maximum Gasteiger partial charge on any atom is 0.181 e. The van der Waals surface area contributed by atoms with Crippen molar-refractivity contribution in [2.75, 3.05) is 26.2 Å². The second-order valence-electron chi connectivity index (χ2n) is 8.68. The number of sulfone groups is 2. The predicted octanol–water partition coefficient (Wildman–Crippen LogP) is 3.16. The van der Waals surface area contributed by atoms with Crippen LogP contribution in [-0.4, -0.2) is 63.6 Å². The van der Waals surface area contributed by atoms with Gasteiger partial charge in [0.05, 0.1) is 26.9 Å². The standard InChI is InChI=1S/C24H33NO5S2/c1-19-3-7-21(8-4-19)31(27,28)23-11-12-24(14-16-25(15-13-23)17-18-26)32(29,30)22-9-5-20(2)6-10-22/h3-10,23-24,26H,11-18H2,1-2H3. The molecule has 2 aromatic carbocycles. The molecule has 176 valence electrons. The van der Waals surface area contributed by atoms with Crippen LogP contribution in [0.2, 0.25) is 0 Å². The Labute approximate surface area is 192 Å². The van der Waals surface area contributed by atoms with E-state index in [1.54, 1.807) is 48.5 Å².